The molecule has 0 spiro atoms. The number of anilines is 1. The molecule has 0 atom stereocenters. The van der Waals surface area contributed by atoms with Gasteiger partial charge < -0.3 is 14.8 Å². The molecule has 2 N–H and O–H groups in total. The Morgan fingerprint density at radius 3 is 1.93 bits per heavy atom. The van der Waals surface area contributed by atoms with Gasteiger partial charge in [0, 0.05) is 23.4 Å². The number of non-ortho nitro benzene ring substituents is 1. The van der Waals surface area contributed by atoms with Crippen LogP contribution in [0, 0.1) is 10.1 Å². The van der Waals surface area contributed by atoms with E-state index in [1.807, 2.05) is 0 Å². The van der Waals surface area contributed by atoms with Gasteiger partial charge in [-0.15, -0.1) is 0 Å². The number of nitrogen functional groups attached to an aromatic ring is 1. The van der Waals surface area contributed by atoms with Crippen LogP contribution in [0.5, 0.6) is 0 Å². The summed E-state index contributed by atoms with van der Waals surface area (Å²) in [4.78, 5) is 7.61. The summed E-state index contributed by atoms with van der Waals surface area (Å²) >= 11 is 0. The Balaban J connectivity index is 0.00000364. The molecule has 0 saturated heterocycles. The van der Waals surface area contributed by atoms with Gasteiger partial charge in [0.25, 0.3) is 5.69 Å². The van der Waals surface area contributed by atoms with Gasteiger partial charge in [0.2, 0.25) is 0 Å². The van der Waals surface area contributed by atoms with E-state index in [9.17, 15) is 36.1 Å². The van der Waals surface area contributed by atoms with Gasteiger partial charge in [-0.1, -0.05) is 12.1 Å². The molecule has 0 saturated carbocycles. The fourth-order valence-electron chi connectivity index (χ4n) is 2.06. The van der Waals surface area contributed by atoms with Crippen LogP contribution in [0.15, 0.2) is 47.4 Å². The van der Waals surface area contributed by atoms with Crippen LogP contribution in [0.3, 0.4) is 0 Å². The fourth-order valence-corrected chi connectivity index (χ4v) is 3.57. The normalized spacial score (nSPS) is 11.9. The van der Waals surface area contributed by atoms with Crippen LogP contribution in [0.1, 0.15) is 11.1 Å². The van der Waals surface area contributed by atoms with Crippen LogP contribution in [0.2, 0.25) is 0 Å². The third-order valence-corrected chi connectivity index (χ3v) is 4.97. The molecule has 0 amide bonds. The van der Waals surface area contributed by atoms with Crippen LogP contribution in [-0.2, 0) is 20.2 Å². The minimum atomic E-state index is -5.31. The van der Waals surface area contributed by atoms with Crippen LogP contribution in [0.4, 0.5) is 11.4 Å². The standard InChI is InChI=1S/C14H12N2O8S2.2Na/c15-10-3-1-9(2-4-10)7-13(25(19,20)21)12-6-5-11(16(17)18)8-14(12)26(22,23)24;;/h1-8H,15H2,(H,19,20,21)(H,22,23,24);;/q;2*+1/p-2/b13-7-;;. The third kappa shape index (κ3) is 6.91. The van der Waals surface area contributed by atoms with Gasteiger partial charge in [0.05, 0.1) is 14.7 Å². The molecule has 0 aliphatic rings. The quantitative estimate of drug-likeness (QED) is 0.118. The zero-order valence-electron chi connectivity index (χ0n) is 14.7. The van der Waals surface area contributed by atoms with Crippen molar-refractivity contribution in [1.82, 2.24) is 0 Å². The Morgan fingerprint density at radius 1 is 0.964 bits per heavy atom. The zero-order chi connectivity index (χ0) is 19.7. The summed E-state index contributed by atoms with van der Waals surface area (Å²) in [6.07, 6.45) is 0.845. The number of rotatable bonds is 5. The first-order valence-corrected chi connectivity index (χ1v) is 9.49. The Morgan fingerprint density at radius 2 is 1.50 bits per heavy atom. The van der Waals surface area contributed by atoms with E-state index >= 15 is 0 Å². The Labute approximate surface area is 205 Å². The van der Waals surface area contributed by atoms with Crippen molar-refractivity contribution in [1.29, 1.82) is 0 Å². The summed E-state index contributed by atoms with van der Waals surface area (Å²) in [5.74, 6) is 0. The maximum absolute atomic E-state index is 11.6. The van der Waals surface area contributed by atoms with E-state index in [4.69, 9.17) is 5.73 Å². The van der Waals surface area contributed by atoms with E-state index in [0.717, 1.165) is 18.2 Å². The number of nitrogens with zero attached hydrogens (tertiary/aromatic N) is 1. The second-order valence-corrected chi connectivity index (χ2v) is 7.72. The first kappa shape index (κ1) is 27.2. The molecule has 0 aromatic heterocycles. The molecule has 0 fully saturated rings. The maximum atomic E-state index is 11.6. The number of nitro groups is 1. The van der Waals surface area contributed by atoms with Crippen LogP contribution >= 0.6 is 0 Å². The second kappa shape index (κ2) is 10.3. The van der Waals surface area contributed by atoms with Gasteiger partial charge in [-0.25, -0.2) is 16.8 Å². The van der Waals surface area contributed by atoms with E-state index < -0.39 is 46.2 Å². The van der Waals surface area contributed by atoms with Gasteiger partial charge in [0.1, 0.15) is 20.2 Å². The number of nitrogens with two attached hydrogens (primary N) is 1. The summed E-state index contributed by atoms with van der Waals surface area (Å²) in [7, 11) is -10.5. The summed E-state index contributed by atoms with van der Waals surface area (Å²) < 4.78 is 69.2. The van der Waals surface area contributed by atoms with Gasteiger partial charge in [0.15, 0.2) is 0 Å². The summed E-state index contributed by atoms with van der Waals surface area (Å²) in [6.45, 7) is 0. The molecule has 28 heavy (non-hydrogen) atoms. The first-order chi connectivity index (χ1) is 11.9. The molecule has 2 aromatic carbocycles. The van der Waals surface area contributed by atoms with Crippen molar-refractivity contribution in [2.24, 2.45) is 0 Å². The Bertz CT molecular complexity index is 1110. The molecule has 2 aromatic rings. The molecule has 2 rings (SSSR count). The summed E-state index contributed by atoms with van der Waals surface area (Å²) in [5, 5.41) is 10.8. The minimum Gasteiger partial charge on any atom is -0.744 e. The first-order valence-electron chi connectivity index (χ1n) is 6.67. The largest absolute Gasteiger partial charge is 1.00 e. The smallest absolute Gasteiger partial charge is 0.744 e. The number of hydrogen-bond acceptors (Lipinski definition) is 9. The molecular formula is C14H10N2Na2O8S2. The van der Waals surface area contributed by atoms with Crippen molar-refractivity contribution in [3.63, 3.8) is 0 Å². The molecule has 0 aliphatic heterocycles. The van der Waals surface area contributed by atoms with Gasteiger partial charge in [-0.05, 0) is 29.8 Å². The van der Waals surface area contributed by atoms with Crippen molar-refractivity contribution in [2.75, 3.05) is 5.73 Å². The monoisotopic (exact) mass is 444 g/mol. The summed E-state index contributed by atoms with van der Waals surface area (Å²) in [6, 6.07) is 7.44. The average molecular weight is 444 g/mol. The molecule has 0 aliphatic carbocycles. The van der Waals surface area contributed by atoms with Gasteiger partial charge in [-0.2, -0.15) is 0 Å². The minimum absolute atomic E-state index is 0. The molecule has 10 nitrogen and oxygen atoms in total. The van der Waals surface area contributed by atoms with Crippen LogP contribution in [-0.4, -0.2) is 30.9 Å². The second-order valence-electron chi connectivity index (χ2n) is 5.02. The molecule has 0 bridgehead atoms. The average Bonchev–Trinajstić information content (AvgIpc) is 2.51. The molecular weight excluding hydrogens is 434 g/mol. The number of nitro benzene ring substituents is 1. The van der Waals surface area contributed by atoms with Crippen molar-refractivity contribution in [2.45, 2.75) is 4.90 Å². The molecule has 0 heterocycles. The van der Waals surface area contributed by atoms with Gasteiger partial charge >= 0.3 is 59.1 Å². The topological polar surface area (TPSA) is 184 Å². The van der Waals surface area contributed by atoms with Gasteiger partial charge in [-0.3, -0.25) is 10.1 Å². The fraction of sp³-hybridized carbons (Fsp3) is 0. The SMILES string of the molecule is Nc1ccc(/C=C(/c2ccc([N+](=O)[O-])cc2S(=O)(=O)[O-])S(=O)(=O)[O-])cc1.[Na+].[Na+]. The maximum Gasteiger partial charge on any atom is 1.00 e. The van der Waals surface area contributed by atoms with E-state index in [0.29, 0.717) is 11.8 Å². The van der Waals surface area contributed by atoms with Crippen LogP contribution in [0.25, 0.3) is 11.0 Å². The van der Waals surface area contributed by atoms with Crippen molar-refractivity contribution in [3.8, 4) is 0 Å². The molecule has 14 heteroatoms. The van der Waals surface area contributed by atoms with Crippen LogP contribution < -0.4 is 64.8 Å². The summed E-state index contributed by atoms with van der Waals surface area (Å²) in [5.41, 5.74) is 4.53. The van der Waals surface area contributed by atoms with E-state index in [1.54, 1.807) is 0 Å². The zero-order valence-corrected chi connectivity index (χ0v) is 20.4. The Hall–Kier alpha value is -0.800. The third-order valence-electron chi connectivity index (χ3n) is 3.21. The number of benzene rings is 2. The van der Waals surface area contributed by atoms with Crippen molar-refractivity contribution in [3.05, 3.63) is 63.7 Å². The Kier molecular flexibility index (Phi) is 10.0. The molecule has 0 unspecified atom stereocenters. The van der Waals surface area contributed by atoms with E-state index in [-0.39, 0.29) is 64.7 Å². The predicted octanol–water partition coefficient (Wildman–Crippen LogP) is -4.87. The predicted molar refractivity (Wildman–Crippen MR) is 89.5 cm³/mol. The van der Waals surface area contributed by atoms with Crippen molar-refractivity contribution >= 4 is 42.6 Å². The number of hydrogen-bond donors (Lipinski definition) is 1. The van der Waals surface area contributed by atoms with E-state index in [1.165, 1.54) is 24.3 Å². The molecule has 138 valence electrons. The van der Waals surface area contributed by atoms with Crippen molar-refractivity contribution < 1.29 is 90.0 Å². The molecule has 0 radical (unpaired) electrons. The van der Waals surface area contributed by atoms with E-state index in [2.05, 4.69) is 0 Å².